The molecule has 8 aromatic rings. The Kier molecular flexibility index (Phi) is 6.07. The molecule has 2 aliphatic carbocycles. The van der Waals surface area contributed by atoms with Crippen LogP contribution in [0.25, 0.3) is 77.2 Å². The second-order valence-electron chi connectivity index (χ2n) is 15.3. The Balaban J connectivity index is 1.33. The molecule has 0 bridgehead atoms. The van der Waals surface area contributed by atoms with Crippen molar-refractivity contribution in [1.29, 1.82) is 0 Å². The normalized spacial score (nSPS) is 14.7. The quantitative estimate of drug-likeness (QED) is 0.169. The van der Waals surface area contributed by atoms with Crippen LogP contribution < -0.4 is 0 Å². The van der Waals surface area contributed by atoms with Gasteiger partial charge in [-0.3, -0.25) is 0 Å². The van der Waals surface area contributed by atoms with Gasteiger partial charge in [-0.15, -0.1) is 0 Å². The summed E-state index contributed by atoms with van der Waals surface area (Å²) in [7, 11) is 0. The Morgan fingerprint density at radius 2 is 0.820 bits per heavy atom. The van der Waals surface area contributed by atoms with Crippen molar-refractivity contribution in [2.75, 3.05) is 0 Å². The molecule has 0 atom stereocenters. The van der Waals surface area contributed by atoms with Gasteiger partial charge in [0.15, 0.2) is 0 Å². The van der Waals surface area contributed by atoms with E-state index in [1.54, 1.807) is 0 Å². The highest BCUT2D eigenvalue weighted by Gasteiger charge is 2.38. The summed E-state index contributed by atoms with van der Waals surface area (Å²) in [5, 5.41) is 5.15. The van der Waals surface area contributed by atoms with Gasteiger partial charge in [-0.05, 0) is 112 Å². The first-order valence-electron chi connectivity index (χ1n) is 17.9. The van der Waals surface area contributed by atoms with Crippen LogP contribution in [-0.2, 0) is 10.8 Å². The SMILES string of the molecule is CC1(C)c2ccccc2-c2cc(-c3c4ccccc4c(-c4cccc5c4-c4ccccc4C5(C)C)c4cc(-c5ccccc5)ccc34)ccc21. The van der Waals surface area contributed by atoms with E-state index < -0.39 is 0 Å². The van der Waals surface area contributed by atoms with E-state index in [4.69, 9.17) is 0 Å². The van der Waals surface area contributed by atoms with Gasteiger partial charge >= 0.3 is 0 Å². The molecule has 0 N–H and O–H groups in total. The molecule has 10 rings (SSSR count). The van der Waals surface area contributed by atoms with E-state index in [9.17, 15) is 0 Å². The predicted molar refractivity (Wildman–Crippen MR) is 213 cm³/mol. The van der Waals surface area contributed by atoms with Crippen LogP contribution in [0.1, 0.15) is 49.9 Å². The van der Waals surface area contributed by atoms with Crippen molar-refractivity contribution in [3.8, 4) is 55.6 Å². The largest absolute Gasteiger partial charge is 0.0622 e. The second kappa shape index (κ2) is 10.4. The second-order valence-corrected chi connectivity index (χ2v) is 15.3. The highest BCUT2D eigenvalue weighted by atomic mass is 14.4. The van der Waals surface area contributed by atoms with Gasteiger partial charge < -0.3 is 0 Å². The average molecular weight is 639 g/mol. The molecule has 238 valence electrons. The molecule has 0 unspecified atom stereocenters. The zero-order chi connectivity index (χ0) is 33.8. The Morgan fingerprint density at radius 3 is 1.60 bits per heavy atom. The summed E-state index contributed by atoms with van der Waals surface area (Å²) in [6.45, 7) is 9.47. The van der Waals surface area contributed by atoms with Crippen LogP contribution in [0, 0.1) is 0 Å². The summed E-state index contributed by atoms with van der Waals surface area (Å²) in [5.41, 5.74) is 18.6. The van der Waals surface area contributed by atoms with Crippen LogP contribution in [-0.4, -0.2) is 0 Å². The van der Waals surface area contributed by atoms with Crippen LogP contribution in [0.5, 0.6) is 0 Å². The molecule has 0 amide bonds. The Bertz CT molecular complexity index is 2690. The summed E-state index contributed by atoms with van der Waals surface area (Å²) in [6.07, 6.45) is 0. The van der Waals surface area contributed by atoms with Gasteiger partial charge in [0.25, 0.3) is 0 Å². The van der Waals surface area contributed by atoms with Crippen molar-refractivity contribution in [2.24, 2.45) is 0 Å². The third kappa shape index (κ3) is 3.94. The molecule has 0 saturated heterocycles. The highest BCUT2D eigenvalue weighted by molar-refractivity contribution is 6.23. The summed E-state index contributed by atoms with van der Waals surface area (Å²) in [6, 6.07) is 59.3. The highest BCUT2D eigenvalue weighted by Crippen LogP contribution is 2.55. The zero-order valence-corrected chi connectivity index (χ0v) is 29.0. The molecular weight excluding hydrogens is 601 g/mol. The van der Waals surface area contributed by atoms with Crippen LogP contribution in [0.3, 0.4) is 0 Å². The smallest absolute Gasteiger partial charge is 0.0159 e. The van der Waals surface area contributed by atoms with E-state index in [2.05, 4.69) is 185 Å². The van der Waals surface area contributed by atoms with Crippen molar-refractivity contribution < 1.29 is 0 Å². The monoisotopic (exact) mass is 638 g/mol. The van der Waals surface area contributed by atoms with Gasteiger partial charge in [0, 0.05) is 10.8 Å². The number of hydrogen-bond donors (Lipinski definition) is 0. The van der Waals surface area contributed by atoms with Crippen LogP contribution in [0.2, 0.25) is 0 Å². The summed E-state index contributed by atoms with van der Waals surface area (Å²) >= 11 is 0. The molecule has 0 aliphatic heterocycles. The van der Waals surface area contributed by atoms with E-state index in [1.807, 2.05) is 0 Å². The minimum atomic E-state index is -0.0723. The van der Waals surface area contributed by atoms with E-state index in [0.717, 1.165) is 0 Å². The maximum absolute atomic E-state index is 2.47. The number of fused-ring (bicyclic) bond motifs is 8. The van der Waals surface area contributed by atoms with Gasteiger partial charge in [-0.25, -0.2) is 0 Å². The fourth-order valence-corrected chi connectivity index (χ4v) is 9.43. The van der Waals surface area contributed by atoms with Gasteiger partial charge in [0.1, 0.15) is 0 Å². The fraction of sp³-hybridized carbons (Fsp3) is 0.120. The standard InChI is InChI=1S/C50H38/c1-49(2)42-22-12-10-17-34(42)40-30-33(26-28-44(40)49)46-35-18-8-9-19-36(35)47(41-29-32(25-27-37(41)46)31-15-6-5-7-16-31)39-21-14-24-45-48(39)38-20-11-13-23-43(38)50(45,3)4/h5-30H,1-4H3. The first-order chi connectivity index (χ1) is 24.3. The van der Waals surface area contributed by atoms with Gasteiger partial charge in [0.2, 0.25) is 0 Å². The Labute approximate surface area is 294 Å². The van der Waals surface area contributed by atoms with Gasteiger partial charge in [0.05, 0.1) is 0 Å². The molecule has 8 aromatic carbocycles. The van der Waals surface area contributed by atoms with Crippen LogP contribution in [0.15, 0.2) is 158 Å². The first-order valence-corrected chi connectivity index (χ1v) is 17.9. The van der Waals surface area contributed by atoms with Crippen molar-refractivity contribution in [2.45, 2.75) is 38.5 Å². The van der Waals surface area contributed by atoms with Crippen LogP contribution >= 0.6 is 0 Å². The maximum atomic E-state index is 2.47. The molecule has 0 fully saturated rings. The van der Waals surface area contributed by atoms with Crippen molar-refractivity contribution in [3.05, 3.63) is 180 Å². The van der Waals surface area contributed by atoms with E-state index >= 15 is 0 Å². The molecule has 0 spiro atoms. The maximum Gasteiger partial charge on any atom is 0.0159 e. The summed E-state index contributed by atoms with van der Waals surface area (Å²) in [5.74, 6) is 0. The molecule has 50 heavy (non-hydrogen) atoms. The lowest BCUT2D eigenvalue weighted by Gasteiger charge is -2.23. The topological polar surface area (TPSA) is 0 Å². The minimum absolute atomic E-state index is 0.0270. The molecule has 0 aromatic heterocycles. The number of benzene rings is 8. The lowest BCUT2D eigenvalue weighted by atomic mass is 9.80. The van der Waals surface area contributed by atoms with Crippen LogP contribution in [0.4, 0.5) is 0 Å². The van der Waals surface area contributed by atoms with Crippen molar-refractivity contribution in [3.63, 3.8) is 0 Å². The first kappa shape index (κ1) is 29.2. The zero-order valence-electron chi connectivity index (χ0n) is 29.0. The molecular formula is C50H38. The predicted octanol–water partition coefficient (Wildman–Crippen LogP) is 13.6. The molecule has 0 saturated carbocycles. The van der Waals surface area contributed by atoms with Gasteiger partial charge in [-0.2, -0.15) is 0 Å². The summed E-state index contributed by atoms with van der Waals surface area (Å²) in [4.78, 5) is 0. The average Bonchev–Trinajstić information content (AvgIpc) is 3.53. The Hall–Kier alpha value is -5.72. The molecule has 2 aliphatic rings. The van der Waals surface area contributed by atoms with E-state index in [1.165, 1.54) is 99.4 Å². The molecule has 0 heterocycles. The number of hydrogen-bond acceptors (Lipinski definition) is 0. The van der Waals surface area contributed by atoms with E-state index in [0.29, 0.717) is 0 Å². The molecule has 0 radical (unpaired) electrons. The van der Waals surface area contributed by atoms with Crippen molar-refractivity contribution in [1.82, 2.24) is 0 Å². The van der Waals surface area contributed by atoms with Crippen molar-refractivity contribution >= 4 is 21.5 Å². The molecule has 0 nitrogen and oxygen atoms in total. The Morgan fingerprint density at radius 1 is 0.280 bits per heavy atom. The molecule has 0 heteroatoms. The lowest BCUT2D eigenvalue weighted by molar-refractivity contribution is 0.660. The van der Waals surface area contributed by atoms with Gasteiger partial charge in [-0.1, -0.05) is 173 Å². The fourth-order valence-electron chi connectivity index (χ4n) is 9.43. The third-order valence-electron chi connectivity index (χ3n) is 11.9. The number of rotatable bonds is 3. The third-order valence-corrected chi connectivity index (χ3v) is 11.9. The summed E-state index contributed by atoms with van der Waals surface area (Å²) < 4.78 is 0. The van der Waals surface area contributed by atoms with E-state index in [-0.39, 0.29) is 10.8 Å². The minimum Gasteiger partial charge on any atom is -0.0622 e. The lowest BCUT2D eigenvalue weighted by Crippen LogP contribution is -2.14.